The number of aliphatic imine (C=N–C) groups is 1. The summed E-state index contributed by atoms with van der Waals surface area (Å²) < 4.78 is 0. The van der Waals surface area contributed by atoms with Crippen molar-refractivity contribution in [3.05, 3.63) is 71.8 Å². The first-order valence-corrected chi connectivity index (χ1v) is 7.17. The third-order valence-electron chi connectivity index (χ3n) is 3.58. The molecule has 3 rings (SSSR count). The number of rotatable bonds is 4. The van der Waals surface area contributed by atoms with Gasteiger partial charge in [0, 0.05) is 24.2 Å². The zero-order valence-corrected chi connectivity index (χ0v) is 12.3. The summed E-state index contributed by atoms with van der Waals surface area (Å²) in [5.74, 6) is -0.942. The number of hydrogen-bond acceptors (Lipinski definition) is 4. The van der Waals surface area contributed by atoms with E-state index in [0.29, 0.717) is 16.8 Å². The molecule has 0 spiro atoms. The van der Waals surface area contributed by atoms with Crippen LogP contribution in [0.4, 0.5) is 5.69 Å². The van der Waals surface area contributed by atoms with E-state index >= 15 is 0 Å². The Morgan fingerprint density at radius 1 is 1.04 bits per heavy atom. The molecule has 23 heavy (non-hydrogen) atoms. The normalized spacial score (nSPS) is 11.1. The van der Waals surface area contributed by atoms with Crippen LogP contribution in [0.1, 0.15) is 11.1 Å². The molecule has 4 heteroatoms. The van der Waals surface area contributed by atoms with E-state index in [-0.39, 0.29) is 12.2 Å². The molecule has 0 atom stereocenters. The molecule has 3 aromatic carbocycles. The number of benzene rings is 3. The standard InChI is InChI=1S/C19H15NO3/c21-18-10-7-14-3-1-2-4-16(14)17(18)12-20-15-8-5-13(6-9-15)11-19(22)23/h1-10,12,21H,11H2,(H,22,23)/p-1. The quantitative estimate of drug-likeness (QED) is 0.753. The number of phenolic OH excluding ortho intramolecular Hbond substituents is 1. The Morgan fingerprint density at radius 3 is 2.52 bits per heavy atom. The largest absolute Gasteiger partial charge is 0.550 e. The highest BCUT2D eigenvalue weighted by Crippen LogP contribution is 2.26. The average molecular weight is 304 g/mol. The highest BCUT2D eigenvalue weighted by Gasteiger charge is 2.04. The van der Waals surface area contributed by atoms with Gasteiger partial charge in [-0.25, -0.2) is 0 Å². The molecule has 0 saturated carbocycles. The summed E-state index contributed by atoms with van der Waals surface area (Å²) >= 11 is 0. The van der Waals surface area contributed by atoms with Crippen LogP contribution < -0.4 is 5.11 Å². The molecule has 0 heterocycles. The molecule has 4 nitrogen and oxygen atoms in total. The maximum Gasteiger partial charge on any atom is 0.124 e. The van der Waals surface area contributed by atoms with E-state index in [2.05, 4.69) is 4.99 Å². The highest BCUT2D eigenvalue weighted by atomic mass is 16.4. The van der Waals surface area contributed by atoms with Crippen molar-refractivity contribution in [1.29, 1.82) is 0 Å². The minimum absolute atomic E-state index is 0.117. The zero-order chi connectivity index (χ0) is 16.2. The number of phenols is 1. The van der Waals surface area contributed by atoms with Crippen molar-refractivity contribution in [1.82, 2.24) is 0 Å². The van der Waals surface area contributed by atoms with Gasteiger partial charge in [-0.2, -0.15) is 0 Å². The lowest BCUT2D eigenvalue weighted by Gasteiger charge is -2.05. The molecule has 0 fully saturated rings. The van der Waals surface area contributed by atoms with Gasteiger partial charge in [-0.15, -0.1) is 0 Å². The second-order valence-electron chi connectivity index (χ2n) is 5.19. The van der Waals surface area contributed by atoms with Gasteiger partial charge < -0.3 is 15.0 Å². The minimum Gasteiger partial charge on any atom is -0.550 e. The zero-order valence-electron chi connectivity index (χ0n) is 12.3. The summed E-state index contributed by atoms with van der Waals surface area (Å²) in [5, 5.41) is 22.6. The number of carbonyl (C=O) groups is 1. The van der Waals surface area contributed by atoms with Gasteiger partial charge in [-0.05, 0) is 34.5 Å². The fourth-order valence-corrected chi connectivity index (χ4v) is 2.43. The number of nitrogens with zero attached hydrogens (tertiary/aromatic N) is 1. The fourth-order valence-electron chi connectivity index (χ4n) is 2.43. The van der Waals surface area contributed by atoms with E-state index in [4.69, 9.17) is 0 Å². The van der Waals surface area contributed by atoms with E-state index in [1.807, 2.05) is 30.3 Å². The summed E-state index contributed by atoms with van der Waals surface area (Å²) in [6.07, 6.45) is 1.50. The van der Waals surface area contributed by atoms with Gasteiger partial charge in [0.25, 0.3) is 0 Å². The average Bonchev–Trinajstić information content (AvgIpc) is 2.55. The molecule has 0 radical (unpaired) electrons. The Hall–Kier alpha value is -3.14. The van der Waals surface area contributed by atoms with Crippen LogP contribution in [0, 0.1) is 0 Å². The first-order valence-electron chi connectivity index (χ1n) is 7.17. The Balaban J connectivity index is 1.91. The molecule has 0 bridgehead atoms. The Bertz CT molecular complexity index is 883. The number of aromatic hydroxyl groups is 1. The SMILES string of the molecule is O=C([O-])Cc1ccc(N=Cc2c(O)ccc3ccccc23)cc1. The lowest BCUT2D eigenvalue weighted by Crippen LogP contribution is -2.24. The molecule has 0 amide bonds. The highest BCUT2D eigenvalue weighted by molar-refractivity contribution is 6.02. The van der Waals surface area contributed by atoms with Gasteiger partial charge in [0.15, 0.2) is 0 Å². The molecular weight excluding hydrogens is 290 g/mol. The summed E-state index contributed by atoms with van der Waals surface area (Å²) in [7, 11) is 0. The predicted octanol–water partition coefficient (Wildman–Crippen LogP) is 2.59. The van der Waals surface area contributed by atoms with Gasteiger partial charge in [0.2, 0.25) is 0 Å². The van der Waals surface area contributed by atoms with Crippen molar-refractivity contribution < 1.29 is 15.0 Å². The molecule has 3 aromatic rings. The number of carbonyl (C=O) groups excluding carboxylic acids is 1. The predicted molar refractivity (Wildman–Crippen MR) is 88.0 cm³/mol. The van der Waals surface area contributed by atoms with Crippen molar-refractivity contribution in [2.45, 2.75) is 6.42 Å². The summed E-state index contributed by atoms with van der Waals surface area (Å²) in [6.45, 7) is 0. The number of carboxylic acid groups (broad SMARTS) is 1. The third-order valence-corrected chi connectivity index (χ3v) is 3.58. The van der Waals surface area contributed by atoms with Crippen molar-refractivity contribution in [3.63, 3.8) is 0 Å². The fraction of sp³-hybridized carbons (Fsp3) is 0.0526. The monoisotopic (exact) mass is 304 g/mol. The van der Waals surface area contributed by atoms with Gasteiger partial charge in [0.1, 0.15) is 5.75 Å². The van der Waals surface area contributed by atoms with Crippen molar-refractivity contribution in [3.8, 4) is 5.75 Å². The lowest BCUT2D eigenvalue weighted by molar-refractivity contribution is -0.304. The molecule has 0 unspecified atom stereocenters. The van der Waals surface area contributed by atoms with Gasteiger partial charge >= 0.3 is 0 Å². The second-order valence-corrected chi connectivity index (χ2v) is 5.19. The Kier molecular flexibility index (Phi) is 4.06. The van der Waals surface area contributed by atoms with Crippen molar-refractivity contribution in [2.24, 2.45) is 4.99 Å². The van der Waals surface area contributed by atoms with Gasteiger partial charge in [0.05, 0.1) is 5.69 Å². The number of hydrogen-bond donors (Lipinski definition) is 1. The van der Waals surface area contributed by atoms with Gasteiger partial charge in [-0.3, -0.25) is 4.99 Å². The maximum atomic E-state index is 10.6. The van der Waals surface area contributed by atoms with E-state index in [1.54, 1.807) is 36.5 Å². The molecule has 1 N–H and O–H groups in total. The number of aliphatic carboxylic acids is 1. The minimum atomic E-state index is -1.11. The lowest BCUT2D eigenvalue weighted by atomic mass is 10.0. The Labute approximate surface area is 133 Å². The summed E-state index contributed by atoms with van der Waals surface area (Å²) in [4.78, 5) is 14.9. The van der Waals surface area contributed by atoms with Crippen LogP contribution in [0.3, 0.4) is 0 Å². The van der Waals surface area contributed by atoms with Crippen LogP contribution in [0.2, 0.25) is 0 Å². The van der Waals surface area contributed by atoms with Crippen LogP contribution >= 0.6 is 0 Å². The van der Waals surface area contributed by atoms with Crippen LogP contribution in [0.5, 0.6) is 5.75 Å². The summed E-state index contributed by atoms with van der Waals surface area (Å²) in [5.41, 5.74) is 2.00. The van der Waals surface area contributed by atoms with Gasteiger partial charge in [-0.1, -0.05) is 42.5 Å². The van der Waals surface area contributed by atoms with Crippen molar-refractivity contribution in [2.75, 3.05) is 0 Å². The van der Waals surface area contributed by atoms with Crippen LogP contribution in [0.15, 0.2) is 65.7 Å². The van der Waals surface area contributed by atoms with E-state index in [1.165, 1.54) is 0 Å². The molecule has 0 aliphatic heterocycles. The first-order chi connectivity index (χ1) is 11.1. The smallest absolute Gasteiger partial charge is 0.124 e. The van der Waals surface area contributed by atoms with Crippen LogP contribution in [-0.4, -0.2) is 17.3 Å². The molecule has 0 saturated heterocycles. The first kappa shape index (κ1) is 14.8. The number of carboxylic acids is 1. The Morgan fingerprint density at radius 2 is 1.78 bits per heavy atom. The van der Waals surface area contributed by atoms with Crippen LogP contribution in [0.25, 0.3) is 10.8 Å². The second kappa shape index (κ2) is 6.32. The molecule has 0 aliphatic carbocycles. The molecule has 0 aromatic heterocycles. The number of fused-ring (bicyclic) bond motifs is 1. The van der Waals surface area contributed by atoms with Crippen LogP contribution in [-0.2, 0) is 11.2 Å². The summed E-state index contributed by atoms with van der Waals surface area (Å²) in [6, 6.07) is 18.1. The topological polar surface area (TPSA) is 72.7 Å². The van der Waals surface area contributed by atoms with E-state index < -0.39 is 5.97 Å². The maximum absolute atomic E-state index is 10.6. The van der Waals surface area contributed by atoms with Crippen molar-refractivity contribution >= 4 is 28.6 Å². The van der Waals surface area contributed by atoms with E-state index in [9.17, 15) is 15.0 Å². The third kappa shape index (κ3) is 3.37. The molecule has 114 valence electrons. The molecular formula is C19H14NO3-. The van der Waals surface area contributed by atoms with E-state index in [0.717, 1.165) is 10.8 Å². The molecule has 0 aliphatic rings.